The van der Waals surface area contributed by atoms with Crippen LogP contribution in [0.5, 0.6) is 11.5 Å². The van der Waals surface area contributed by atoms with Gasteiger partial charge in [0, 0.05) is 44.7 Å². The fourth-order valence-corrected chi connectivity index (χ4v) is 4.69. The summed E-state index contributed by atoms with van der Waals surface area (Å²) in [5, 5.41) is 2.30. The molecule has 5 rings (SSSR count). The van der Waals surface area contributed by atoms with Crippen LogP contribution in [0.25, 0.3) is 0 Å². The number of carbonyl (C=O) groups excluding carboxylic acids is 4. The number of benzene rings is 1. The number of ether oxygens (including phenoxy) is 2. The predicted molar refractivity (Wildman–Crippen MR) is 135 cm³/mol. The smallest absolute Gasteiger partial charge is 0.410 e. The number of hydrogen-bond acceptors (Lipinski definition) is 9. The van der Waals surface area contributed by atoms with Crippen molar-refractivity contribution >= 4 is 29.8 Å². The number of nitrogens with zero attached hydrogens (tertiary/aromatic N) is 5. The molecule has 200 valence electrons. The Bertz CT molecular complexity index is 1270. The molecule has 4 amide bonds. The van der Waals surface area contributed by atoms with Crippen molar-refractivity contribution in [1.82, 2.24) is 25.1 Å². The maximum atomic E-state index is 12.9. The molecule has 0 radical (unpaired) electrons. The zero-order chi connectivity index (χ0) is 27.0. The first-order chi connectivity index (χ1) is 18.1. The molecular formula is C26H30N6O6. The highest BCUT2D eigenvalue weighted by molar-refractivity contribution is 6.05. The Morgan fingerprint density at radius 2 is 1.74 bits per heavy atom. The topological polar surface area (TPSA) is 134 Å². The quantitative estimate of drug-likeness (QED) is 0.599. The average Bonchev–Trinajstić information content (AvgIpc) is 3.19. The van der Waals surface area contributed by atoms with Crippen molar-refractivity contribution in [2.45, 2.75) is 51.8 Å². The lowest BCUT2D eigenvalue weighted by molar-refractivity contribution is -0.136. The van der Waals surface area contributed by atoms with Gasteiger partial charge in [-0.15, -0.1) is 0 Å². The molecule has 1 aromatic carbocycles. The van der Waals surface area contributed by atoms with Crippen LogP contribution in [0, 0.1) is 0 Å². The molecule has 2 saturated heterocycles. The lowest BCUT2D eigenvalue weighted by atomic mass is 10.0. The van der Waals surface area contributed by atoms with Crippen molar-refractivity contribution in [3.63, 3.8) is 0 Å². The number of aromatic nitrogens is 2. The van der Waals surface area contributed by atoms with Gasteiger partial charge in [-0.1, -0.05) is 0 Å². The molecular weight excluding hydrogens is 492 g/mol. The van der Waals surface area contributed by atoms with Crippen molar-refractivity contribution in [3.8, 4) is 11.5 Å². The van der Waals surface area contributed by atoms with Crippen LogP contribution in [0.1, 0.15) is 49.5 Å². The third-order valence-electron chi connectivity index (χ3n) is 6.56. The largest absolute Gasteiger partial charge is 0.454 e. The highest BCUT2D eigenvalue weighted by atomic mass is 16.6. The summed E-state index contributed by atoms with van der Waals surface area (Å²) < 4.78 is 11.4. The lowest BCUT2D eigenvalue weighted by Gasteiger charge is -2.35. The number of piperazine rings is 1. The van der Waals surface area contributed by atoms with E-state index in [0.717, 1.165) is 5.56 Å². The fourth-order valence-electron chi connectivity index (χ4n) is 4.69. The van der Waals surface area contributed by atoms with Gasteiger partial charge in [0.05, 0.1) is 12.4 Å². The van der Waals surface area contributed by atoms with Crippen LogP contribution in [-0.2, 0) is 20.9 Å². The summed E-state index contributed by atoms with van der Waals surface area (Å²) in [6.45, 7) is 8.00. The zero-order valence-electron chi connectivity index (χ0n) is 21.6. The van der Waals surface area contributed by atoms with Crippen LogP contribution in [-0.4, -0.2) is 81.4 Å². The summed E-state index contributed by atoms with van der Waals surface area (Å²) >= 11 is 0. The summed E-state index contributed by atoms with van der Waals surface area (Å²) in [6, 6.07) is 4.47. The van der Waals surface area contributed by atoms with E-state index in [4.69, 9.17) is 9.47 Å². The fraction of sp³-hybridized carbons (Fsp3) is 0.462. The molecule has 0 aliphatic carbocycles. The van der Waals surface area contributed by atoms with Crippen molar-refractivity contribution in [2.75, 3.05) is 31.1 Å². The minimum absolute atomic E-state index is 0.209. The Kier molecular flexibility index (Phi) is 6.64. The summed E-state index contributed by atoms with van der Waals surface area (Å²) in [4.78, 5) is 62.9. The highest BCUT2D eigenvalue weighted by Crippen LogP contribution is 2.31. The van der Waals surface area contributed by atoms with Crippen molar-refractivity contribution < 1.29 is 28.7 Å². The van der Waals surface area contributed by atoms with Gasteiger partial charge in [-0.3, -0.25) is 19.7 Å². The van der Waals surface area contributed by atoms with Crippen molar-refractivity contribution in [2.24, 2.45) is 0 Å². The molecule has 0 spiro atoms. The molecule has 12 heteroatoms. The van der Waals surface area contributed by atoms with E-state index in [0.29, 0.717) is 55.6 Å². The van der Waals surface area contributed by atoms with Gasteiger partial charge >= 0.3 is 6.09 Å². The number of nitrogens with one attached hydrogen (secondary N) is 1. The van der Waals surface area contributed by atoms with Crippen LogP contribution in [0.15, 0.2) is 30.6 Å². The SMILES string of the molecule is CC(C)(C)OC(=O)N1CCN(c2ncc(Oc3ccc4c(c3)CN(C3CCC(=O)NC3=O)C4=O)cn2)CC1. The van der Waals surface area contributed by atoms with Gasteiger partial charge < -0.3 is 24.2 Å². The molecule has 4 heterocycles. The second-order valence-corrected chi connectivity index (χ2v) is 10.5. The van der Waals surface area contributed by atoms with Crippen molar-refractivity contribution in [3.05, 3.63) is 41.7 Å². The molecule has 3 aliphatic heterocycles. The molecule has 0 saturated carbocycles. The Labute approximate surface area is 219 Å². The molecule has 2 fully saturated rings. The van der Waals surface area contributed by atoms with Gasteiger partial charge in [0.1, 0.15) is 17.4 Å². The van der Waals surface area contributed by atoms with Gasteiger partial charge in [-0.05, 0) is 51.0 Å². The van der Waals surface area contributed by atoms with E-state index in [-0.39, 0.29) is 30.9 Å². The molecule has 1 atom stereocenters. The van der Waals surface area contributed by atoms with Gasteiger partial charge in [0.2, 0.25) is 17.8 Å². The third-order valence-corrected chi connectivity index (χ3v) is 6.56. The predicted octanol–water partition coefficient (Wildman–Crippen LogP) is 2.09. The molecule has 2 aromatic rings. The second kappa shape index (κ2) is 9.92. The van der Waals surface area contributed by atoms with Crippen LogP contribution in [0.2, 0.25) is 0 Å². The number of rotatable bonds is 4. The first kappa shape index (κ1) is 25.4. The monoisotopic (exact) mass is 522 g/mol. The van der Waals surface area contributed by atoms with Crippen LogP contribution >= 0.6 is 0 Å². The Morgan fingerprint density at radius 3 is 2.39 bits per heavy atom. The average molecular weight is 523 g/mol. The molecule has 3 aliphatic rings. The minimum atomic E-state index is -0.663. The molecule has 38 heavy (non-hydrogen) atoms. The van der Waals surface area contributed by atoms with E-state index in [1.165, 1.54) is 4.90 Å². The minimum Gasteiger partial charge on any atom is -0.454 e. The zero-order valence-corrected chi connectivity index (χ0v) is 21.6. The van der Waals surface area contributed by atoms with Crippen LogP contribution in [0.4, 0.5) is 10.7 Å². The van der Waals surface area contributed by atoms with E-state index in [2.05, 4.69) is 15.3 Å². The Morgan fingerprint density at radius 1 is 1.03 bits per heavy atom. The Hall–Kier alpha value is -4.22. The number of imide groups is 1. The highest BCUT2D eigenvalue weighted by Gasteiger charge is 2.39. The van der Waals surface area contributed by atoms with Crippen LogP contribution < -0.4 is 15.0 Å². The third kappa shape index (κ3) is 5.38. The standard InChI is InChI=1S/C26H30N6O6/c1-26(2,3)38-25(36)31-10-8-30(9-11-31)24-27-13-18(14-28-24)37-17-4-5-19-16(12-17)15-32(23(19)35)20-6-7-21(33)29-22(20)34/h4-5,12-14,20H,6-11,15H2,1-3H3,(H,29,33,34). The number of fused-ring (bicyclic) bond motifs is 1. The number of amides is 4. The van der Waals surface area contributed by atoms with Gasteiger partial charge in [-0.2, -0.15) is 0 Å². The van der Waals surface area contributed by atoms with Gasteiger partial charge in [-0.25, -0.2) is 14.8 Å². The first-order valence-corrected chi connectivity index (χ1v) is 12.6. The normalized spacial score (nSPS) is 19.8. The summed E-state index contributed by atoms with van der Waals surface area (Å²) in [5.74, 6) is 0.502. The van der Waals surface area contributed by atoms with Gasteiger partial charge in [0.15, 0.2) is 5.75 Å². The molecule has 1 N–H and O–H groups in total. The molecule has 1 unspecified atom stereocenters. The van der Waals surface area contributed by atoms with Crippen molar-refractivity contribution in [1.29, 1.82) is 0 Å². The van der Waals surface area contributed by atoms with Gasteiger partial charge in [0.25, 0.3) is 5.91 Å². The number of carbonyl (C=O) groups is 4. The maximum Gasteiger partial charge on any atom is 0.410 e. The number of anilines is 1. The van der Waals surface area contributed by atoms with E-state index in [1.807, 2.05) is 25.7 Å². The first-order valence-electron chi connectivity index (χ1n) is 12.6. The summed E-state index contributed by atoms with van der Waals surface area (Å²) in [7, 11) is 0. The van der Waals surface area contributed by atoms with Crippen LogP contribution in [0.3, 0.4) is 0 Å². The number of piperidine rings is 1. The second-order valence-electron chi connectivity index (χ2n) is 10.5. The summed E-state index contributed by atoms with van der Waals surface area (Å²) in [6.07, 6.45) is 3.36. The lowest BCUT2D eigenvalue weighted by Crippen LogP contribution is -2.52. The molecule has 0 bridgehead atoms. The van der Waals surface area contributed by atoms with E-state index >= 15 is 0 Å². The number of hydrogen-bond donors (Lipinski definition) is 1. The molecule has 12 nitrogen and oxygen atoms in total. The van der Waals surface area contributed by atoms with E-state index in [1.54, 1.807) is 35.5 Å². The summed E-state index contributed by atoms with van der Waals surface area (Å²) in [5.41, 5.74) is 0.728. The maximum absolute atomic E-state index is 12.9. The van der Waals surface area contributed by atoms with E-state index in [9.17, 15) is 19.2 Å². The molecule has 1 aromatic heterocycles. The Balaban J connectivity index is 1.18. The van der Waals surface area contributed by atoms with E-state index < -0.39 is 17.6 Å².